The van der Waals surface area contributed by atoms with E-state index in [2.05, 4.69) is 31.0 Å². The maximum Gasteiger partial charge on any atom is 0.416 e. The van der Waals surface area contributed by atoms with Crippen LogP contribution in [0.2, 0.25) is 5.02 Å². The SMILES string of the molecule is O=C1NC(=O)/C(=C/c2cnn3c(NC4CC4)nc(Oc4cc(C(F)(F)F)ccc4Cl)nc23)N1. The second-order valence-corrected chi connectivity index (χ2v) is 7.70. The average Bonchev–Trinajstić information content (AvgIpc) is 3.37. The lowest BCUT2D eigenvalue weighted by atomic mass is 10.2. The van der Waals surface area contributed by atoms with Crippen molar-refractivity contribution in [3.05, 3.63) is 46.2 Å². The minimum Gasteiger partial charge on any atom is -0.423 e. The Labute approximate surface area is 187 Å². The van der Waals surface area contributed by atoms with Gasteiger partial charge in [-0.25, -0.2) is 4.79 Å². The molecule has 170 valence electrons. The number of carbonyl (C=O) groups is 2. The highest BCUT2D eigenvalue weighted by Gasteiger charge is 2.32. The molecule has 0 atom stereocenters. The smallest absolute Gasteiger partial charge is 0.416 e. The van der Waals surface area contributed by atoms with E-state index in [1.165, 1.54) is 16.8 Å². The first-order valence-corrected chi connectivity index (χ1v) is 9.96. The molecule has 5 rings (SSSR count). The number of amides is 3. The zero-order valence-corrected chi connectivity index (χ0v) is 17.2. The molecule has 14 heteroatoms. The van der Waals surface area contributed by atoms with E-state index in [1.807, 2.05) is 0 Å². The Morgan fingerprint density at radius 1 is 1.21 bits per heavy atom. The number of urea groups is 1. The van der Waals surface area contributed by atoms with Gasteiger partial charge in [-0.2, -0.15) is 32.8 Å². The van der Waals surface area contributed by atoms with Gasteiger partial charge >= 0.3 is 18.2 Å². The van der Waals surface area contributed by atoms with Crippen LogP contribution in [-0.4, -0.2) is 37.6 Å². The molecule has 1 aliphatic heterocycles. The summed E-state index contributed by atoms with van der Waals surface area (Å²) in [6.45, 7) is 0. The third kappa shape index (κ3) is 4.26. The molecule has 10 nitrogen and oxygen atoms in total. The number of carbonyl (C=O) groups excluding carboxylic acids is 2. The van der Waals surface area contributed by atoms with Gasteiger partial charge in [-0.05, 0) is 37.1 Å². The van der Waals surface area contributed by atoms with Crippen molar-refractivity contribution >= 4 is 41.2 Å². The quantitative estimate of drug-likeness (QED) is 0.379. The number of aromatic nitrogens is 4. The predicted molar refractivity (Wildman–Crippen MR) is 109 cm³/mol. The maximum absolute atomic E-state index is 13.1. The van der Waals surface area contributed by atoms with Gasteiger partial charge in [-0.15, -0.1) is 0 Å². The molecule has 3 amide bonds. The van der Waals surface area contributed by atoms with E-state index < -0.39 is 23.7 Å². The van der Waals surface area contributed by atoms with E-state index in [4.69, 9.17) is 16.3 Å². The molecule has 0 unspecified atom stereocenters. The lowest BCUT2D eigenvalue weighted by molar-refractivity contribution is -0.137. The van der Waals surface area contributed by atoms with Crippen molar-refractivity contribution in [2.45, 2.75) is 25.1 Å². The number of imide groups is 1. The minimum absolute atomic E-state index is 0.0198. The second-order valence-electron chi connectivity index (χ2n) is 7.30. The third-order valence-electron chi connectivity index (χ3n) is 4.76. The van der Waals surface area contributed by atoms with Crippen LogP contribution in [0.25, 0.3) is 11.7 Å². The lowest BCUT2D eigenvalue weighted by Gasteiger charge is -2.12. The van der Waals surface area contributed by atoms with Crippen molar-refractivity contribution in [3.8, 4) is 11.8 Å². The Balaban J connectivity index is 1.57. The van der Waals surface area contributed by atoms with Crippen LogP contribution in [0.1, 0.15) is 24.0 Å². The summed E-state index contributed by atoms with van der Waals surface area (Å²) in [5.74, 6) is -0.669. The van der Waals surface area contributed by atoms with Crippen LogP contribution in [-0.2, 0) is 11.0 Å². The summed E-state index contributed by atoms with van der Waals surface area (Å²) in [7, 11) is 0. The van der Waals surface area contributed by atoms with Crippen molar-refractivity contribution in [3.63, 3.8) is 0 Å². The Bertz CT molecular complexity index is 1330. The van der Waals surface area contributed by atoms with Crippen molar-refractivity contribution in [2.75, 3.05) is 5.32 Å². The van der Waals surface area contributed by atoms with Gasteiger partial charge in [0.1, 0.15) is 11.4 Å². The number of ether oxygens (including phenoxy) is 1. The van der Waals surface area contributed by atoms with Crippen molar-refractivity contribution in [2.24, 2.45) is 0 Å². The van der Waals surface area contributed by atoms with Crippen LogP contribution < -0.4 is 20.7 Å². The summed E-state index contributed by atoms with van der Waals surface area (Å²) in [4.78, 5) is 31.7. The number of halogens is 4. The summed E-state index contributed by atoms with van der Waals surface area (Å²) >= 11 is 6.03. The molecule has 2 aromatic heterocycles. The summed E-state index contributed by atoms with van der Waals surface area (Å²) in [5, 5.41) is 11.7. The Morgan fingerprint density at radius 3 is 2.67 bits per heavy atom. The van der Waals surface area contributed by atoms with Crippen LogP contribution in [0.5, 0.6) is 11.8 Å². The molecule has 2 aliphatic rings. The fourth-order valence-corrected chi connectivity index (χ4v) is 3.18. The molecular formula is C19H13ClF3N7O3. The number of fused-ring (bicyclic) bond motifs is 1. The van der Waals surface area contributed by atoms with Gasteiger partial charge in [-0.3, -0.25) is 10.1 Å². The highest BCUT2D eigenvalue weighted by Crippen LogP contribution is 2.36. The van der Waals surface area contributed by atoms with Gasteiger partial charge in [0.15, 0.2) is 5.65 Å². The molecule has 3 N–H and O–H groups in total. The molecule has 1 aliphatic carbocycles. The monoisotopic (exact) mass is 479 g/mol. The maximum atomic E-state index is 13.1. The van der Waals surface area contributed by atoms with Gasteiger partial charge < -0.3 is 15.4 Å². The Kier molecular flexibility index (Phi) is 4.85. The first-order chi connectivity index (χ1) is 15.7. The molecule has 1 saturated heterocycles. The van der Waals surface area contributed by atoms with E-state index in [0.717, 1.165) is 31.0 Å². The number of rotatable bonds is 5. The fraction of sp³-hybridized carbons (Fsp3) is 0.211. The zero-order chi connectivity index (χ0) is 23.3. The van der Waals surface area contributed by atoms with Gasteiger partial charge in [0.2, 0.25) is 5.95 Å². The number of hydrogen-bond acceptors (Lipinski definition) is 7. The Morgan fingerprint density at radius 2 is 2.00 bits per heavy atom. The number of hydrogen-bond donors (Lipinski definition) is 3. The predicted octanol–water partition coefficient (Wildman–Crippen LogP) is 3.34. The van der Waals surface area contributed by atoms with Crippen molar-refractivity contribution in [1.29, 1.82) is 0 Å². The molecule has 3 aromatic rings. The summed E-state index contributed by atoms with van der Waals surface area (Å²) in [5.41, 5.74) is -0.443. The standard InChI is InChI=1S/C19H13ClF3N7O3/c20-11-4-1-9(19(21,22)23)6-13(11)33-18-27-14-8(5-12-15(31)28-17(32)26-12)7-24-30(14)16(29-18)25-10-2-3-10/h1,4-7,10H,2-3H2,(H,25,27,29)(H2,26,28,31,32)/b12-5-. The lowest BCUT2D eigenvalue weighted by Crippen LogP contribution is -2.22. The van der Waals surface area contributed by atoms with Crippen LogP contribution in [0.15, 0.2) is 30.1 Å². The van der Waals surface area contributed by atoms with Crippen molar-refractivity contribution in [1.82, 2.24) is 30.2 Å². The van der Waals surface area contributed by atoms with E-state index in [0.29, 0.717) is 5.56 Å². The minimum atomic E-state index is -4.59. The first-order valence-electron chi connectivity index (χ1n) is 9.58. The number of alkyl halides is 3. The summed E-state index contributed by atoms with van der Waals surface area (Å²) < 4.78 is 46.2. The molecule has 1 saturated carbocycles. The molecule has 0 radical (unpaired) electrons. The molecule has 2 fully saturated rings. The number of benzene rings is 1. The van der Waals surface area contributed by atoms with Gasteiger partial charge in [-0.1, -0.05) is 11.6 Å². The molecule has 1 aromatic carbocycles. The molecular weight excluding hydrogens is 467 g/mol. The molecule has 0 spiro atoms. The normalized spacial score (nSPS) is 17.4. The average molecular weight is 480 g/mol. The van der Waals surface area contributed by atoms with E-state index >= 15 is 0 Å². The second kappa shape index (κ2) is 7.62. The highest BCUT2D eigenvalue weighted by atomic mass is 35.5. The summed E-state index contributed by atoms with van der Waals surface area (Å²) in [6, 6.07) is 1.85. The number of nitrogens with one attached hydrogen (secondary N) is 3. The van der Waals surface area contributed by atoms with E-state index in [-0.39, 0.29) is 40.1 Å². The van der Waals surface area contributed by atoms with Crippen LogP contribution in [0, 0.1) is 0 Å². The van der Waals surface area contributed by atoms with Gasteiger partial charge in [0.05, 0.1) is 16.8 Å². The van der Waals surface area contributed by atoms with Gasteiger partial charge in [0, 0.05) is 11.6 Å². The van der Waals surface area contributed by atoms with E-state index in [1.54, 1.807) is 0 Å². The number of nitrogens with zero attached hydrogens (tertiary/aromatic N) is 4. The Hall–Kier alpha value is -3.87. The first kappa shape index (κ1) is 21.0. The van der Waals surface area contributed by atoms with Crippen LogP contribution in [0.3, 0.4) is 0 Å². The van der Waals surface area contributed by atoms with Crippen molar-refractivity contribution < 1.29 is 27.5 Å². The van der Waals surface area contributed by atoms with E-state index in [9.17, 15) is 22.8 Å². The molecule has 0 bridgehead atoms. The number of anilines is 1. The molecule has 3 heterocycles. The fourth-order valence-electron chi connectivity index (χ4n) is 3.02. The molecule has 33 heavy (non-hydrogen) atoms. The van der Waals surface area contributed by atoms with Crippen LogP contribution >= 0.6 is 11.6 Å². The third-order valence-corrected chi connectivity index (χ3v) is 5.08. The largest absolute Gasteiger partial charge is 0.423 e. The highest BCUT2D eigenvalue weighted by molar-refractivity contribution is 6.32. The summed E-state index contributed by atoms with van der Waals surface area (Å²) in [6.07, 6.45) is -0.0221. The topological polar surface area (TPSA) is 123 Å². The van der Waals surface area contributed by atoms with Gasteiger partial charge in [0.25, 0.3) is 5.91 Å². The van der Waals surface area contributed by atoms with Crippen LogP contribution in [0.4, 0.5) is 23.9 Å². The zero-order valence-electron chi connectivity index (χ0n) is 16.4.